The van der Waals surface area contributed by atoms with Crippen LogP contribution < -0.4 is 5.73 Å². The van der Waals surface area contributed by atoms with E-state index in [9.17, 15) is 14.4 Å². The minimum absolute atomic E-state index is 0.280. The molecule has 6 nitrogen and oxygen atoms in total. The van der Waals surface area contributed by atoms with Crippen LogP contribution in [0, 0.1) is 0 Å². The first-order chi connectivity index (χ1) is 5.11. The summed E-state index contributed by atoms with van der Waals surface area (Å²) in [6, 6.07) is 0. The Morgan fingerprint density at radius 2 is 1.82 bits per heavy atom. The third-order valence-electron chi connectivity index (χ3n) is 0.950. The zero-order valence-corrected chi connectivity index (χ0v) is 5.31. The number of carbonyl (C=O) groups is 3. The van der Waals surface area contributed by atoms with Gasteiger partial charge in [-0.05, 0) is 0 Å². The van der Waals surface area contributed by atoms with E-state index >= 15 is 0 Å². The van der Waals surface area contributed by atoms with Gasteiger partial charge in [0.1, 0.15) is 0 Å². The van der Waals surface area contributed by atoms with Crippen molar-refractivity contribution < 1.29 is 19.2 Å². The van der Waals surface area contributed by atoms with Crippen LogP contribution in [0.3, 0.4) is 0 Å². The van der Waals surface area contributed by atoms with E-state index in [1.807, 2.05) is 0 Å². The van der Waals surface area contributed by atoms with Gasteiger partial charge in [-0.3, -0.25) is 9.59 Å². The van der Waals surface area contributed by atoms with Crippen LogP contribution in [0.2, 0.25) is 0 Å². The summed E-state index contributed by atoms with van der Waals surface area (Å²) in [5, 5.41) is 0.280. The van der Waals surface area contributed by atoms with Gasteiger partial charge >= 0.3 is 6.09 Å². The fraction of sp³-hybridized carbons (Fsp3) is 0. The molecule has 11 heavy (non-hydrogen) atoms. The monoisotopic (exact) mass is 156 g/mol. The average molecular weight is 156 g/mol. The fourth-order valence-electron chi connectivity index (χ4n) is 0.567. The van der Waals surface area contributed by atoms with Gasteiger partial charge in [-0.2, -0.15) is 0 Å². The normalized spacial score (nSPS) is 15.8. The smallest absolute Gasteiger partial charge is 0.333 e. The molecular weight excluding hydrogens is 152 g/mol. The minimum Gasteiger partial charge on any atom is -0.333 e. The highest BCUT2D eigenvalue weighted by atomic mass is 16.7. The fourth-order valence-corrected chi connectivity index (χ4v) is 0.567. The van der Waals surface area contributed by atoms with Crippen molar-refractivity contribution in [3.8, 4) is 0 Å². The molecular formula is C5H4N2O4. The third-order valence-corrected chi connectivity index (χ3v) is 0.950. The summed E-state index contributed by atoms with van der Waals surface area (Å²) in [4.78, 5) is 35.3. The lowest BCUT2D eigenvalue weighted by Crippen LogP contribution is -2.34. The van der Waals surface area contributed by atoms with E-state index in [1.165, 1.54) is 0 Å². The molecule has 0 unspecified atom stereocenters. The van der Waals surface area contributed by atoms with Crippen molar-refractivity contribution in [1.29, 1.82) is 0 Å². The molecule has 0 saturated heterocycles. The Morgan fingerprint density at radius 1 is 1.36 bits per heavy atom. The molecule has 0 aromatic rings. The number of imide groups is 1. The van der Waals surface area contributed by atoms with Gasteiger partial charge in [0.25, 0.3) is 11.8 Å². The molecule has 0 aromatic carbocycles. The maximum absolute atomic E-state index is 10.6. The Kier molecular flexibility index (Phi) is 1.59. The van der Waals surface area contributed by atoms with Gasteiger partial charge in [0.2, 0.25) is 0 Å². The van der Waals surface area contributed by atoms with E-state index in [2.05, 4.69) is 10.6 Å². The second-order valence-electron chi connectivity index (χ2n) is 1.71. The number of hydrogen-bond donors (Lipinski definition) is 1. The summed E-state index contributed by atoms with van der Waals surface area (Å²) in [6.07, 6.45) is 0.756. The predicted octanol–water partition coefficient (Wildman–Crippen LogP) is -1.08. The highest BCUT2D eigenvalue weighted by Gasteiger charge is 2.26. The van der Waals surface area contributed by atoms with Gasteiger partial charge in [0, 0.05) is 12.2 Å². The first kappa shape index (κ1) is 7.26. The Bertz CT molecular complexity index is 239. The number of amides is 3. The SMILES string of the molecule is NC(=O)ON1C(=O)C=CC1=O. The molecule has 6 heteroatoms. The van der Waals surface area contributed by atoms with Crippen molar-refractivity contribution in [2.45, 2.75) is 0 Å². The summed E-state index contributed by atoms with van der Waals surface area (Å²) in [7, 11) is 0. The second-order valence-corrected chi connectivity index (χ2v) is 1.71. The maximum atomic E-state index is 10.6. The van der Waals surface area contributed by atoms with E-state index < -0.39 is 17.9 Å². The predicted molar refractivity (Wildman–Crippen MR) is 31.7 cm³/mol. The van der Waals surface area contributed by atoms with Crippen molar-refractivity contribution in [3.63, 3.8) is 0 Å². The molecule has 0 spiro atoms. The average Bonchev–Trinajstić information content (AvgIpc) is 2.18. The topological polar surface area (TPSA) is 89.7 Å². The number of nitrogens with zero attached hydrogens (tertiary/aromatic N) is 1. The second kappa shape index (κ2) is 2.41. The summed E-state index contributed by atoms with van der Waals surface area (Å²) in [6.45, 7) is 0. The van der Waals surface area contributed by atoms with Crippen LogP contribution in [-0.4, -0.2) is 23.0 Å². The van der Waals surface area contributed by atoms with Gasteiger partial charge in [0.05, 0.1) is 0 Å². The van der Waals surface area contributed by atoms with Gasteiger partial charge in [-0.15, -0.1) is 0 Å². The Morgan fingerprint density at radius 3 is 2.18 bits per heavy atom. The molecule has 0 aromatic heterocycles. The molecule has 2 N–H and O–H groups in total. The van der Waals surface area contributed by atoms with E-state index in [0.29, 0.717) is 0 Å². The molecule has 1 rings (SSSR count). The lowest BCUT2D eigenvalue weighted by atomic mass is 10.6. The van der Waals surface area contributed by atoms with Crippen LogP contribution >= 0.6 is 0 Å². The molecule has 0 saturated carbocycles. The highest BCUT2D eigenvalue weighted by Crippen LogP contribution is 2.02. The van der Waals surface area contributed by atoms with Gasteiger partial charge in [0.15, 0.2) is 0 Å². The standard InChI is InChI=1S/C5H4N2O4/c6-5(10)11-7-3(8)1-2-4(7)9/h1-2H,(H2,6,10). The van der Waals surface area contributed by atoms with Crippen molar-refractivity contribution in [3.05, 3.63) is 12.2 Å². The van der Waals surface area contributed by atoms with Crippen LogP contribution in [0.15, 0.2) is 12.2 Å². The summed E-state index contributed by atoms with van der Waals surface area (Å²) in [5.74, 6) is -1.43. The van der Waals surface area contributed by atoms with Crippen LogP contribution in [0.4, 0.5) is 4.79 Å². The molecule has 0 radical (unpaired) electrons. The molecule has 1 aliphatic heterocycles. The first-order valence-electron chi connectivity index (χ1n) is 2.65. The Labute approximate surface area is 61.2 Å². The van der Waals surface area contributed by atoms with Crippen molar-refractivity contribution >= 4 is 17.9 Å². The van der Waals surface area contributed by atoms with Gasteiger partial charge in [-0.25, -0.2) is 4.79 Å². The van der Waals surface area contributed by atoms with Crippen molar-refractivity contribution in [1.82, 2.24) is 5.06 Å². The lowest BCUT2D eigenvalue weighted by Gasteiger charge is -2.09. The zero-order chi connectivity index (χ0) is 8.43. The number of hydroxylamine groups is 2. The number of hydrogen-bond acceptors (Lipinski definition) is 4. The number of carbonyl (C=O) groups excluding carboxylic acids is 3. The molecule has 1 aliphatic rings. The first-order valence-corrected chi connectivity index (χ1v) is 2.65. The van der Waals surface area contributed by atoms with Crippen LogP contribution in [0.5, 0.6) is 0 Å². The third kappa shape index (κ3) is 1.34. The highest BCUT2D eigenvalue weighted by molar-refractivity contribution is 6.12. The van der Waals surface area contributed by atoms with E-state index in [1.54, 1.807) is 0 Å². The van der Waals surface area contributed by atoms with Crippen molar-refractivity contribution in [2.75, 3.05) is 0 Å². The lowest BCUT2D eigenvalue weighted by molar-refractivity contribution is -0.168. The molecule has 0 atom stereocenters. The summed E-state index contributed by atoms with van der Waals surface area (Å²) in [5.41, 5.74) is 4.56. The van der Waals surface area contributed by atoms with Crippen LogP contribution in [-0.2, 0) is 14.4 Å². The molecule has 1 heterocycles. The zero-order valence-electron chi connectivity index (χ0n) is 5.31. The molecule has 58 valence electrons. The maximum Gasteiger partial charge on any atom is 0.429 e. The molecule has 3 amide bonds. The molecule has 0 aliphatic carbocycles. The molecule has 0 fully saturated rings. The number of rotatable bonds is 1. The summed E-state index contributed by atoms with van der Waals surface area (Å²) < 4.78 is 0. The van der Waals surface area contributed by atoms with Gasteiger partial charge in [-0.1, -0.05) is 5.06 Å². The Hall–Kier alpha value is -1.85. The minimum atomic E-state index is -1.20. The van der Waals surface area contributed by atoms with E-state index in [-0.39, 0.29) is 5.06 Å². The number of nitrogens with two attached hydrogens (primary N) is 1. The van der Waals surface area contributed by atoms with Crippen LogP contribution in [0.1, 0.15) is 0 Å². The largest absolute Gasteiger partial charge is 0.429 e. The van der Waals surface area contributed by atoms with E-state index in [4.69, 9.17) is 0 Å². The van der Waals surface area contributed by atoms with E-state index in [0.717, 1.165) is 12.2 Å². The summed E-state index contributed by atoms with van der Waals surface area (Å²) >= 11 is 0. The van der Waals surface area contributed by atoms with Crippen LogP contribution in [0.25, 0.3) is 0 Å². The van der Waals surface area contributed by atoms with Crippen molar-refractivity contribution in [2.24, 2.45) is 5.73 Å². The quantitative estimate of drug-likeness (QED) is 0.489. The number of primary amides is 1. The van der Waals surface area contributed by atoms with Gasteiger partial charge < -0.3 is 10.6 Å². The molecule has 0 bridgehead atoms. The Balaban J connectivity index is 2.66.